The van der Waals surface area contributed by atoms with E-state index >= 15 is 0 Å². The van der Waals surface area contributed by atoms with Gasteiger partial charge in [0.25, 0.3) is 0 Å². The van der Waals surface area contributed by atoms with Crippen molar-refractivity contribution in [3.63, 3.8) is 0 Å². The highest BCUT2D eigenvalue weighted by Gasteiger charge is 1.81. The molecule has 0 aliphatic rings. The number of ether oxygens (including phenoxy) is 1. The van der Waals surface area contributed by atoms with Crippen LogP contribution < -0.4 is 0 Å². The van der Waals surface area contributed by atoms with E-state index in [0.29, 0.717) is 13.2 Å². The number of methoxy groups -OCH3 is 1. The minimum absolute atomic E-state index is 0.355. The molecular formula is C8H18O3. The first-order chi connectivity index (χ1) is 5.15. The molecule has 0 heterocycles. The van der Waals surface area contributed by atoms with E-state index in [9.17, 15) is 0 Å². The van der Waals surface area contributed by atoms with Gasteiger partial charge in [0.05, 0.1) is 6.61 Å². The van der Waals surface area contributed by atoms with E-state index in [1.807, 2.05) is 13.8 Å². The molecule has 0 unspecified atom stereocenters. The van der Waals surface area contributed by atoms with E-state index < -0.39 is 0 Å². The molecule has 0 aromatic carbocycles. The van der Waals surface area contributed by atoms with Crippen LogP contribution in [0.15, 0.2) is 12.2 Å². The summed E-state index contributed by atoms with van der Waals surface area (Å²) in [4.78, 5) is 3.76. The maximum Gasteiger partial charge on any atom is 0.0841 e. The number of hydrogen-bond donors (Lipinski definition) is 1. The third-order valence-corrected chi connectivity index (χ3v) is 0.584. The molecule has 0 saturated carbocycles. The Balaban J connectivity index is 0. The fourth-order valence-corrected chi connectivity index (χ4v) is 0.268. The lowest BCUT2D eigenvalue weighted by Gasteiger charge is -1.92. The van der Waals surface area contributed by atoms with Crippen LogP contribution in [0.1, 0.15) is 20.3 Å². The van der Waals surface area contributed by atoms with Crippen LogP contribution in [0.3, 0.4) is 0 Å². The summed E-state index contributed by atoms with van der Waals surface area (Å²) in [5, 5.41) is 7.74. The standard InChI is InChI=1S/C4H10O3.C4H8/c1-6-3-2-4-7-5;1-4(2)3/h5H,2-4H2,1H3;1H2,2-3H3. The van der Waals surface area contributed by atoms with Crippen molar-refractivity contribution in [3.05, 3.63) is 12.2 Å². The Labute approximate surface area is 68.6 Å². The molecule has 1 N–H and O–H groups in total. The van der Waals surface area contributed by atoms with Crippen molar-refractivity contribution in [3.8, 4) is 0 Å². The molecule has 0 rings (SSSR count). The van der Waals surface area contributed by atoms with Gasteiger partial charge in [-0.2, -0.15) is 0 Å². The van der Waals surface area contributed by atoms with E-state index in [1.54, 1.807) is 7.11 Å². The molecule has 0 atom stereocenters. The lowest BCUT2D eigenvalue weighted by atomic mass is 10.4. The molecule has 0 fully saturated rings. The van der Waals surface area contributed by atoms with Crippen molar-refractivity contribution in [1.29, 1.82) is 0 Å². The minimum atomic E-state index is 0.355. The van der Waals surface area contributed by atoms with Crippen LogP contribution >= 0.6 is 0 Å². The molecule has 0 spiro atoms. The third kappa shape index (κ3) is 42.6. The van der Waals surface area contributed by atoms with Gasteiger partial charge in [-0.25, -0.2) is 4.89 Å². The van der Waals surface area contributed by atoms with E-state index in [4.69, 9.17) is 5.26 Å². The first-order valence-electron chi connectivity index (χ1n) is 3.52. The van der Waals surface area contributed by atoms with Crippen molar-refractivity contribution in [1.82, 2.24) is 0 Å². The molecule has 0 aromatic heterocycles. The fourth-order valence-electron chi connectivity index (χ4n) is 0.268. The minimum Gasteiger partial charge on any atom is -0.385 e. The van der Waals surface area contributed by atoms with E-state index in [-0.39, 0.29) is 0 Å². The predicted molar refractivity (Wildman–Crippen MR) is 45.6 cm³/mol. The van der Waals surface area contributed by atoms with E-state index in [1.165, 1.54) is 5.57 Å². The summed E-state index contributed by atoms with van der Waals surface area (Å²) in [6.45, 7) is 8.49. The maximum atomic E-state index is 7.74. The normalized spacial score (nSPS) is 8.36. The smallest absolute Gasteiger partial charge is 0.0841 e. The van der Waals surface area contributed by atoms with Crippen molar-refractivity contribution >= 4 is 0 Å². The molecule has 0 aromatic rings. The zero-order chi connectivity index (χ0) is 9.11. The van der Waals surface area contributed by atoms with Crippen molar-refractivity contribution in [2.75, 3.05) is 20.3 Å². The maximum absolute atomic E-state index is 7.74. The van der Waals surface area contributed by atoms with Gasteiger partial charge in [-0.15, -0.1) is 6.58 Å². The van der Waals surface area contributed by atoms with Gasteiger partial charge >= 0.3 is 0 Å². The number of rotatable bonds is 4. The Morgan fingerprint density at radius 2 is 1.82 bits per heavy atom. The van der Waals surface area contributed by atoms with Crippen LogP contribution in [0.2, 0.25) is 0 Å². The second kappa shape index (κ2) is 12.3. The Morgan fingerprint density at radius 1 is 1.36 bits per heavy atom. The van der Waals surface area contributed by atoms with Crippen molar-refractivity contribution < 1.29 is 14.9 Å². The second-order valence-corrected chi connectivity index (χ2v) is 2.39. The molecule has 3 nitrogen and oxygen atoms in total. The molecule has 0 radical (unpaired) electrons. The van der Waals surface area contributed by atoms with Gasteiger partial charge in [0, 0.05) is 13.7 Å². The Kier molecular flexibility index (Phi) is 14.8. The van der Waals surface area contributed by atoms with E-state index in [0.717, 1.165) is 6.42 Å². The van der Waals surface area contributed by atoms with Crippen LogP contribution in [0.4, 0.5) is 0 Å². The fraction of sp³-hybridized carbons (Fsp3) is 0.750. The first kappa shape index (κ1) is 13.2. The highest BCUT2D eigenvalue weighted by molar-refractivity contribution is 4.78. The number of allylic oxidation sites excluding steroid dienone is 1. The largest absolute Gasteiger partial charge is 0.385 e. The topological polar surface area (TPSA) is 38.7 Å². The molecular weight excluding hydrogens is 144 g/mol. The molecule has 11 heavy (non-hydrogen) atoms. The van der Waals surface area contributed by atoms with Crippen LogP contribution in [0, 0.1) is 0 Å². The quantitative estimate of drug-likeness (QED) is 0.298. The Hall–Kier alpha value is -0.380. The third-order valence-electron chi connectivity index (χ3n) is 0.584. The summed E-state index contributed by atoms with van der Waals surface area (Å²) in [7, 11) is 1.61. The second-order valence-electron chi connectivity index (χ2n) is 2.39. The highest BCUT2D eigenvalue weighted by atomic mass is 17.1. The van der Waals surface area contributed by atoms with Crippen LogP contribution in [0.5, 0.6) is 0 Å². The van der Waals surface area contributed by atoms with Gasteiger partial charge in [0.2, 0.25) is 0 Å². The lowest BCUT2D eigenvalue weighted by Crippen LogP contribution is -1.94. The van der Waals surface area contributed by atoms with Gasteiger partial charge in [-0.1, -0.05) is 5.57 Å². The molecule has 0 bridgehead atoms. The van der Waals surface area contributed by atoms with Crippen LogP contribution in [-0.2, 0) is 9.62 Å². The molecule has 0 aliphatic carbocycles. The average molecular weight is 162 g/mol. The molecule has 0 amide bonds. The summed E-state index contributed by atoms with van der Waals surface area (Å²) in [5.74, 6) is 0. The zero-order valence-electron chi connectivity index (χ0n) is 7.59. The summed E-state index contributed by atoms with van der Waals surface area (Å²) in [5.41, 5.74) is 1.17. The van der Waals surface area contributed by atoms with Gasteiger partial charge < -0.3 is 4.74 Å². The van der Waals surface area contributed by atoms with Gasteiger partial charge in [-0.05, 0) is 20.3 Å². The predicted octanol–water partition coefficient (Wildman–Crippen LogP) is 2.09. The highest BCUT2D eigenvalue weighted by Crippen LogP contribution is 1.77. The summed E-state index contributed by atoms with van der Waals surface area (Å²) in [6, 6.07) is 0. The average Bonchev–Trinajstić information content (AvgIpc) is 1.88. The first-order valence-corrected chi connectivity index (χ1v) is 3.52. The Morgan fingerprint density at radius 3 is 2.09 bits per heavy atom. The summed E-state index contributed by atoms with van der Waals surface area (Å²) >= 11 is 0. The summed E-state index contributed by atoms with van der Waals surface area (Å²) in [6.07, 6.45) is 0.743. The lowest BCUT2D eigenvalue weighted by molar-refractivity contribution is -0.243. The summed E-state index contributed by atoms with van der Waals surface area (Å²) < 4.78 is 4.65. The van der Waals surface area contributed by atoms with E-state index in [2.05, 4.69) is 16.2 Å². The Bertz CT molecular complexity index is 73.4. The van der Waals surface area contributed by atoms with Crippen molar-refractivity contribution in [2.45, 2.75) is 20.3 Å². The molecule has 68 valence electrons. The van der Waals surface area contributed by atoms with Gasteiger partial charge in [0.1, 0.15) is 0 Å². The zero-order valence-corrected chi connectivity index (χ0v) is 7.59. The van der Waals surface area contributed by atoms with Crippen LogP contribution in [-0.4, -0.2) is 25.6 Å². The number of hydrogen-bond acceptors (Lipinski definition) is 3. The SMILES string of the molecule is C=C(C)C.COCCCOO. The van der Waals surface area contributed by atoms with Gasteiger partial charge in [0.15, 0.2) is 0 Å². The van der Waals surface area contributed by atoms with Crippen molar-refractivity contribution in [2.24, 2.45) is 0 Å². The van der Waals surface area contributed by atoms with Gasteiger partial charge in [-0.3, -0.25) is 5.26 Å². The molecule has 3 heteroatoms. The molecule has 0 aliphatic heterocycles. The monoisotopic (exact) mass is 162 g/mol. The molecule has 0 saturated heterocycles. The van der Waals surface area contributed by atoms with Crippen LogP contribution in [0.25, 0.3) is 0 Å².